The second kappa shape index (κ2) is 12.5. The number of hydrazone groups is 1. The third-order valence-corrected chi connectivity index (χ3v) is 5.07. The van der Waals surface area contributed by atoms with Crippen molar-refractivity contribution in [1.29, 1.82) is 0 Å². The van der Waals surface area contributed by atoms with Crippen LogP contribution in [0.3, 0.4) is 0 Å². The second-order valence-corrected chi connectivity index (χ2v) is 7.53. The molecule has 1 aliphatic heterocycles. The van der Waals surface area contributed by atoms with Gasteiger partial charge in [-0.3, -0.25) is 9.59 Å². The third kappa shape index (κ3) is 7.69. The molecule has 1 aliphatic rings. The highest BCUT2D eigenvalue weighted by molar-refractivity contribution is 5.88. The summed E-state index contributed by atoms with van der Waals surface area (Å²) in [6.07, 6.45) is 12.6. The van der Waals surface area contributed by atoms with Crippen LogP contribution in [-0.2, 0) is 9.59 Å². The van der Waals surface area contributed by atoms with Gasteiger partial charge in [-0.15, -0.1) is 6.58 Å². The Kier molecular flexibility index (Phi) is 10.7. The molecule has 27 heavy (non-hydrogen) atoms. The Labute approximate surface area is 165 Å². The molecule has 2 unspecified atom stereocenters. The van der Waals surface area contributed by atoms with Gasteiger partial charge >= 0.3 is 0 Å². The lowest BCUT2D eigenvalue weighted by Crippen LogP contribution is -2.49. The van der Waals surface area contributed by atoms with Crippen LogP contribution < -0.4 is 0 Å². The minimum Gasteiger partial charge on any atom is -0.331 e. The maximum atomic E-state index is 13.2. The second-order valence-electron chi connectivity index (χ2n) is 7.53. The smallest absolute Gasteiger partial charge is 0.265 e. The van der Waals surface area contributed by atoms with Gasteiger partial charge in [0.15, 0.2) is 0 Å². The number of likely N-dealkylation sites (tertiary alicyclic amines) is 1. The molecule has 0 aromatic heterocycles. The van der Waals surface area contributed by atoms with Crippen molar-refractivity contribution in [1.82, 2.24) is 9.91 Å². The molecule has 0 aromatic rings. The lowest BCUT2D eigenvalue weighted by atomic mass is 10.0. The van der Waals surface area contributed by atoms with Crippen molar-refractivity contribution in [2.45, 2.75) is 72.3 Å². The van der Waals surface area contributed by atoms with Gasteiger partial charge in [0.05, 0.1) is 6.54 Å². The molecule has 1 saturated heterocycles. The highest BCUT2D eigenvalue weighted by Crippen LogP contribution is 2.22. The fourth-order valence-electron chi connectivity index (χ4n) is 3.25. The molecule has 0 spiro atoms. The van der Waals surface area contributed by atoms with Gasteiger partial charge in [0.2, 0.25) is 5.91 Å². The molecule has 0 saturated carbocycles. The average molecular weight is 376 g/mol. The fraction of sp³-hybridized carbons (Fsp3) is 0.682. The quantitative estimate of drug-likeness (QED) is 0.341. The molecule has 2 amide bonds. The average Bonchev–Trinajstić information content (AvgIpc) is 2.90. The SMILES string of the molecule is C=CCN(/N=C\C(C)/C=C\C)C(=O)[C@@H]1CCCCCN1C(=O)CC(C)CC. The standard InChI is InChI=1S/C22H37N3O2/c1-6-12-19(5)17-23-25(14-7-2)22(27)20-13-10-9-11-15-24(20)21(26)16-18(4)8-3/h6-7,12,17-20H,2,8-11,13-16H2,1,3-5H3/b12-6-,23-17-/t18?,19?,20-/m0/s1. The maximum absolute atomic E-state index is 13.2. The Morgan fingerprint density at radius 2 is 2.04 bits per heavy atom. The van der Waals surface area contributed by atoms with Crippen molar-refractivity contribution in [3.8, 4) is 0 Å². The van der Waals surface area contributed by atoms with Crippen LogP contribution in [0.1, 0.15) is 66.2 Å². The lowest BCUT2D eigenvalue weighted by molar-refractivity contribution is -0.146. The van der Waals surface area contributed by atoms with Gasteiger partial charge < -0.3 is 4.90 Å². The molecule has 0 bridgehead atoms. The predicted octanol–water partition coefficient (Wildman–Crippen LogP) is 4.41. The van der Waals surface area contributed by atoms with Gasteiger partial charge in [-0.1, -0.05) is 58.3 Å². The summed E-state index contributed by atoms with van der Waals surface area (Å²) >= 11 is 0. The molecule has 0 aliphatic carbocycles. The van der Waals surface area contributed by atoms with Crippen molar-refractivity contribution in [2.75, 3.05) is 13.1 Å². The summed E-state index contributed by atoms with van der Waals surface area (Å²) in [6.45, 7) is 12.9. The van der Waals surface area contributed by atoms with Crippen LogP contribution in [0.4, 0.5) is 0 Å². The highest BCUT2D eigenvalue weighted by atomic mass is 16.2. The summed E-state index contributed by atoms with van der Waals surface area (Å²) in [6, 6.07) is -0.418. The summed E-state index contributed by atoms with van der Waals surface area (Å²) in [5.41, 5.74) is 0. The normalized spacial score (nSPS) is 20.4. The molecular weight excluding hydrogens is 338 g/mol. The number of carbonyl (C=O) groups excluding carboxylic acids is 2. The summed E-state index contributed by atoms with van der Waals surface area (Å²) < 4.78 is 0. The van der Waals surface area contributed by atoms with E-state index in [0.29, 0.717) is 31.8 Å². The predicted molar refractivity (Wildman–Crippen MR) is 112 cm³/mol. The van der Waals surface area contributed by atoms with Crippen molar-refractivity contribution >= 4 is 18.0 Å². The first-order valence-corrected chi connectivity index (χ1v) is 10.3. The van der Waals surface area contributed by atoms with E-state index in [0.717, 1.165) is 25.7 Å². The number of nitrogens with zero attached hydrogens (tertiary/aromatic N) is 3. The van der Waals surface area contributed by atoms with E-state index in [-0.39, 0.29) is 17.7 Å². The van der Waals surface area contributed by atoms with E-state index in [4.69, 9.17) is 0 Å². The summed E-state index contributed by atoms with van der Waals surface area (Å²) in [5, 5.41) is 5.87. The molecule has 0 radical (unpaired) electrons. The maximum Gasteiger partial charge on any atom is 0.265 e. The first-order valence-electron chi connectivity index (χ1n) is 10.3. The van der Waals surface area contributed by atoms with Crippen molar-refractivity contribution in [3.63, 3.8) is 0 Å². The number of hydrogen-bond donors (Lipinski definition) is 0. The molecular formula is C22H37N3O2. The number of allylic oxidation sites excluding steroid dienone is 2. The van der Waals surface area contributed by atoms with Gasteiger partial charge in [-0.05, 0) is 25.7 Å². The van der Waals surface area contributed by atoms with Gasteiger partial charge in [0.25, 0.3) is 5.91 Å². The Morgan fingerprint density at radius 1 is 1.30 bits per heavy atom. The van der Waals surface area contributed by atoms with Gasteiger partial charge in [-0.2, -0.15) is 5.10 Å². The molecule has 1 heterocycles. The Balaban J connectivity index is 2.99. The molecule has 5 nitrogen and oxygen atoms in total. The van der Waals surface area contributed by atoms with Crippen LogP contribution in [0.25, 0.3) is 0 Å². The van der Waals surface area contributed by atoms with Crippen LogP contribution in [0.2, 0.25) is 0 Å². The minimum absolute atomic E-state index is 0.0921. The topological polar surface area (TPSA) is 53.0 Å². The highest BCUT2D eigenvalue weighted by Gasteiger charge is 2.33. The molecule has 1 fully saturated rings. The molecule has 5 heteroatoms. The summed E-state index contributed by atoms with van der Waals surface area (Å²) in [7, 11) is 0. The number of carbonyl (C=O) groups is 2. The number of hydrogen-bond acceptors (Lipinski definition) is 3. The molecule has 0 N–H and O–H groups in total. The van der Waals surface area contributed by atoms with Crippen LogP contribution in [0.15, 0.2) is 29.9 Å². The zero-order valence-corrected chi connectivity index (χ0v) is 17.6. The largest absolute Gasteiger partial charge is 0.331 e. The van der Waals surface area contributed by atoms with Crippen LogP contribution in [-0.4, -0.2) is 47.1 Å². The zero-order valence-electron chi connectivity index (χ0n) is 17.6. The van der Waals surface area contributed by atoms with Crippen molar-refractivity contribution in [3.05, 3.63) is 24.8 Å². The van der Waals surface area contributed by atoms with Gasteiger partial charge in [0.1, 0.15) is 6.04 Å². The monoisotopic (exact) mass is 375 g/mol. The molecule has 1 rings (SSSR count). The first-order chi connectivity index (χ1) is 12.9. The van der Waals surface area contributed by atoms with E-state index < -0.39 is 6.04 Å². The van der Waals surface area contributed by atoms with Crippen molar-refractivity contribution < 1.29 is 9.59 Å². The van der Waals surface area contributed by atoms with E-state index in [1.165, 1.54) is 5.01 Å². The Hall–Kier alpha value is -1.91. The molecule has 0 aromatic carbocycles. The minimum atomic E-state index is -0.418. The van der Waals surface area contributed by atoms with E-state index in [9.17, 15) is 9.59 Å². The van der Waals surface area contributed by atoms with E-state index >= 15 is 0 Å². The van der Waals surface area contributed by atoms with Gasteiger partial charge in [-0.25, -0.2) is 5.01 Å². The van der Waals surface area contributed by atoms with E-state index in [1.807, 2.05) is 30.9 Å². The van der Waals surface area contributed by atoms with Crippen LogP contribution >= 0.6 is 0 Å². The number of rotatable bonds is 9. The van der Waals surface area contributed by atoms with Crippen molar-refractivity contribution in [2.24, 2.45) is 16.9 Å². The Bertz CT molecular complexity index is 542. The third-order valence-electron chi connectivity index (χ3n) is 5.07. The van der Waals surface area contributed by atoms with Crippen LogP contribution in [0.5, 0.6) is 0 Å². The van der Waals surface area contributed by atoms with E-state index in [1.54, 1.807) is 12.3 Å². The summed E-state index contributed by atoms with van der Waals surface area (Å²) in [4.78, 5) is 27.9. The Morgan fingerprint density at radius 3 is 2.67 bits per heavy atom. The van der Waals surface area contributed by atoms with Crippen LogP contribution in [0, 0.1) is 11.8 Å². The van der Waals surface area contributed by atoms with Gasteiger partial charge in [0, 0.05) is 25.1 Å². The lowest BCUT2D eigenvalue weighted by Gasteiger charge is -2.32. The summed E-state index contributed by atoms with van der Waals surface area (Å²) in [5.74, 6) is 0.473. The fourth-order valence-corrected chi connectivity index (χ4v) is 3.25. The molecule has 152 valence electrons. The zero-order chi connectivity index (χ0) is 20.2. The first kappa shape index (κ1) is 23.1. The number of amides is 2. The van der Waals surface area contributed by atoms with E-state index in [2.05, 4.69) is 25.5 Å². The molecule has 3 atom stereocenters.